The molecule has 0 aliphatic heterocycles. The summed E-state index contributed by atoms with van der Waals surface area (Å²) in [6.45, 7) is 2.77. The number of alkyl halides is 5. The van der Waals surface area contributed by atoms with E-state index in [0.29, 0.717) is 17.5 Å². The lowest BCUT2D eigenvalue weighted by molar-refractivity contribution is -0.139. The van der Waals surface area contributed by atoms with Gasteiger partial charge in [0.1, 0.15) is 12.4 Å². The number of ether oxygens (including phenoxy) is 2. The molecule has 0 bridgehead atoms. The average Bonchev–Trinajstić information content (AvgIpc) is 2.65. The number of hydrogen-bond acceptors (Lipinski definition) is 3. The van der Waals surface area contributed by atoms with Gasteiger partial charge in [-0.15, -0.1) is 0 Å². The zero-order chi connectivity index (χ0) is 21.8. The summed E-state index contributed by atoms with van der Waals surface area (Å²) in [6, 6.07) is 5.97. The number of carbonyl (C=O) groups is 1. The van der Waals surface area contributed by atoms with Crippen molar-refractivity contribution in [1.82, 2.24) is 0 Å². The lowest BCUT2D eigenvalue weighted by Gasteiger charge is -2.19. The Morgan fingerprint density at radius 1 is 1.21 bits per heavy atom. The number of nitrogens with one attached hydrogen (secondary N) is 1. The molecule has 158 valence electrons. The number of aryl methyl sites for hydroxylation is 2. The molecule has 2 rings (SSSR count). The van der Waals surface area contributed by atoms with Crippen LogP contribution in [-0.4, -0.2) is 13.2 Å². The molecule has 0 unspecified atom stereocenters. The molecule has 0 saturated heterocycles. The number of hydrogen-bond donors (Lipinski definition) is 1. The monoisotopic (exact) mass is 417 g/mol. The van der Waals surface area contributed by atoms with Crippen LogP contribution in [0.4, 0.5) is 32.4 Å². The first-order chi connectivity index (χ1) is 13.6. The van der Waals surface area contributed by atoms with E-state index in [1.165, 1.54) is 18.2 Å². The Morgan fingerprint density at radius 3 is 2.45 bits per heavy atom. The lowest BCUT2D eigenvalue weighted by atomic mass is 10.0. The fraction of sp³-hybridized carbons (Fsp3) is 0.350. The molecular weight excluding hydrogens is 397 g/mol. The SMILES string of the molecule is CCc1cc(C(F)(F)F)c(OCc2c(NC(=O)OC)cccc2C(F)F)cc1C. The number of benzene rings is 2. The lowest BCUT2D eigenvalue weighted by Crippen LogP contribution is -2.15. The van der Waals surface area contributed by atoms with Crippen molar-refractivity contribution in [2.45, 2.75) is 39.5 Å². The van der Waals surface area contributed by atoms with E-state index in [2.05, 4.69) is 10.1 Å². The summed E-state index contributed by atoms with van der Waals surface area (Å²) in [6.07, 6.45) is -8.10. The molecule has 9 heteroatoms. The Morgan fingerprint density at radius 2 is 1.90 bits per heavy atom. The van der Waals surface area contributed by atoms with Crippen molar-refractivity contribution in [3.63, 3.8) is 0 Å². The van der Waals surface area contributed by atoms with E-state index in [1.807, 2.05) is 0 Å². The van der Waals surface area contributed by atoms with Crippen molar-refractivity contribution in [2.24, 2.45) is 0 Å². The molecular formula is C20H20F5NO3. The molecule has 0 radical (unpaired) electrons. The van der Waals surface area contributed by atoms with E-state index < -0.39 is 42.2 Å². The molecule has 0 aromatic heterocycles. The van der Waals surface area contributed by atoms with Gasteiger partial charge in [0.05, 0.1) is 18.4 Å². The third-order valence-electron chi connectivity index (χ3n) is 4.37. The molecule has 29 heavy (non-hydrogen) atoms. The zero-order valence-corrected chi connectivity index (χ0v) is 16.0. The van der Waals surface area contributed by atoms with Gasteiger partial charge in [-0.2, -0.15) is 13.2 Å². The molecule has 2 aromatic carbocycles. The highest BCUT2D eigenvalue weighted by Gasteiger charge is 2.35. The number of rotatable bonds is 6. The summed E-state index contributed by atoms with van der Waals surface area (Å²) in [5.41, 5.74) is -0.536. The first kappa shape index (κ1) is 22.4. The van der Waals surface area contributed by atoms with Crippen LogP contribution in [0.3, 0.4) is 0 Å². The predicted molar refractivity (Wildman–Crippen MR) is 97.3 cm³/mol. The number of halogens is 5. The quantitative estimate of drug-likeness (QED) is 0.564. The van der Waals surface area contributed by atoms with Gasteiger partial charge in [0.15, 0.2) is 0 Å². The second-order valence-electron chi connectivity index (χ2n) is 6.21. The van der Waals surface area contributed by atoms with Crippen molar-refractivity contribution >= 4 is 11.8 Å². The standard InChI is InChI=1S/C20H20F5NO3/c1-4-12-9-15(20(23,24)25)17(8-11(12)2)29-10-14-13(18(21)22)6-5-7-16(14)26-19(27)28-3/h5-9,18H,4,10H2,1-3H3,(H,26,27). The van der Waals surface area contributed by atoms with Crippen molar-refractivity contribution in [1.29, 1.82) is 0 Å². The molecule has 1 amide bonds. The van der Waals surface area contributed by atoms with Crippen molar-refractivity contribution < 1.29 is 36.2 Å². The topological polar surface area (TPSA) is 47.6 Å². The second kappa shape index (κ2) is 9.11. The summed E-state index contributed by atoms with van der Waals surface area (Å²) in [5, 5.41) is 2.27. The first-order valence-electron chi connectivity index (χ1n) is 8.66. The molecule has 4 nitrogen and oxygen atoms in total. The average molecular weight is 417 g/mol. The Hall–Kier alpha value is -2.84. The van der Waals surface area contributed by atoms with E-state index in [0.717, 1.165) is 19.2 Å². The van der Waals surface area contributed by atoms with Gasteiger partial charge < -0.3 is 9.47 Å². The highest BCUT2D eigenvalue weighted by atomic mass is 19.4. The van der Waals surface area contributed by atoms with E-state index in [-0.39, 0.29) is 11.3 Å². The smallest absolute Gasteiger partial charge is 0.419 e. The van der Waals surface area contributed by atoms with E-state index >= 15 is 0 Å². The number of methoxy groups -OCH3 is 1. The van der Waals surface area contributed by atoms with Crippen LogP contribution in [0.5, 0.6) is 5.75 Å². The van der Waals surface area contributed by atoms with Crippen LogP contribution in [0.2, 0.25) is 0 Å². The Labute approximate surface area is 164 Å². The minimum absolute atomic E-state index is 0.0369. The van der Waals surface area contributed by atoms with Gasteiger partial charge in [-0.25, -0.2) is 13.6 Å². The summed E-state index contributed by atoms with van der Waals surface area (Å²) >= 11 is 0. The van der Waals surface area contributed by atoms with Crippen LogP contribution < -0.4 is 10.1 Å². The molecule has 0 heterocycles. The molecule has 2 aromatic rings. The maximum absolute atomic E-state index is 13.5. The van der Waals surface area contributed by atoms with Gasteiger partial charge in [-0.05, 0) is 42.7 Å². The maximum Gasteiger partial charge on any atom is 0.419 e. The molecule has 0 atom stereocenters. The van der Waals surface area contributed by atoms with Gasteiger partial charge >= 0.3 is 12.3 Å². The minimum atomic E-state index is -4.68. The summed E-state index contributed by atoms with van der Waals surface area (Å²) in [4.78, 5) is 11.5. The van der Waals surface area contributed by atoms with Crippen LogP contribution in [0.15, 0.2) is 30.3 Å². The van der Waals surface area contributed by atoms with Crippen molar-refractivity contribution in [3.8, 4) is 5.75 Å². The van der Waals surface area contributed by atoms with Gasteiger partial charge in [0, 0.05) is 11.1 Å². The number of anilines is 1. The van der Waals surface area contributed by atoms with E-state index in [4.69, 9.17) is 4.74 Å². The Bertz CT molecular complexity index is 881. The number of amides is 1. The van der Waals surface area contributed by atoms with E-state index in [9.17, 15) is 26.7 Å². The highest BCUT2D eigenvalue weighted by molar-refractivity contribution is 5.85. The van der Waals surface area contributed by atoms with Gasteiger partial charge in [-0.1, -0.05) is 19.1 Å². The third-order valence-corrected chi connectivity index (χ3v) is 4.37. The van der Waals surface area contributed by atoms with Crippen LogP contribution >= 0.6 is 0 Å². The molecule has 0 aliphatic carbocycles. The molecule has 0 aliphatic rings. The fourth-order valence-corrected chi connectivity index (χ4v) is 2.85. The molecule has 1 N–H and O–H groups in total. The fourth-order valence-electron chi connectivity index (χ4n) is 2.85. The van der Waals surface area contributed by atoms with Crippen LogP contribution in [0.1, 0.15) is 41.2 Å². The predicted octanol–water partition coefficient (Wildman–Crippen LogP) is 6.27. The van der Waals surface area contributed by atoms with E-state index in [1.54, 1.807) is 13.8 Å². The maximum atomic E-state index is 13.5. The van der Waals surface area contributed by atoms with Crippen molar-refractivity contribution in [2.75, 3.05) is 12.4 Å². The normalized spacial score (nSPS) is 11.5. The highest BCUT2D eigenvalue weighted by Crippen LogP contribution is 2.39. The van der Waals surface area contributed by atoms with Crippen LogP contribution in [0, 0.1) is 6.92 Å². The second-order valence-corrected chi connectivity index (χ2v) is 6.21. The van der Waals surface area contributed by atoms with Gasteiger partial charge in [0.25, 0.3) is 6.43 Å². The summed E-state index contributed by atoms with van der Waals surface area (Å²) in [5.74, 6) is -0.472. The van der Waals surface area contributed by atoms with Crippen LogP contribution in [0.25, 0.3) is 0 Å². The molecule has 0 saturated carbocycles. The molecule has 0 fully saturated rings. The van der Waals surface area contributed by atoms with Gasteiger partial charge in [0.2, 0.25) is 0 Å². The Kier molecular flexibility index (Phi) is 7.05. The minimum Gasteiger partial charge on any atom is -0.488 e. The first-order valence-corrected chi connectivity index (χ1v) is 8.66. The van der Waals surface area contributed by atoms with Crippen LogP contribution in [-0.2, 0) is 23.9 Å². The largest absolute Gasteiger partial charge is 0.488 e. The summed E-state index contributed by atoms with van der Waals surface area (Å²) in [7, 11) is 1.09. The zero-order valence-electron chi connectivity index (χ0n) is 16.0. The third kappa shape index (κ3) is 5.36. The summed E-state index contributed by atoms with van der Waals surface area (Å²) < 4.78 is 77.0. The Balaban J connectivity index is 2.46. The van der Waals surface area contributed by atoms with Crippen molar-refractivity contribution in [3.05, 3.63) is 58.1 Å². The number of carbonyl (C=O) groups excluding carboxylic acids is 1. The molecule has 0 spiro atoms. The van der Waals surface area contributed by atoms with Gasteiger partial charge in [-0.3, -0.25) is 5.32 Å².